The molecule has 5 nitrogen and oxygen atoms in total. The molecule has 1 aromatic carbocycles. The lowest BCUT2D eigenvalue weighted by atomic mass is 10.0. The molecule has 0 bridgehead atoms. The second-order valence-corrected chi connectivity index (χ2v) is 6.04. The molecule has 0 aliphatic carbocycles. The molecule has 2 N–H and O–H groups in total. The summed E-state index contributed by atoms with van der Waals surface area (Å²) in [5, 5.41) is 6.44. The third-order valence-corrected chi connectivity index (χ3v) is 3.97. The molecule has 0 saturated carbocycles. The van der Waals surface area contributed by atoms with Crippen molar-refractivity contribution in [1.82, 2.24) is 10.7 Å². The Morgan fingerprint density at radius 2 is 2.00 bits per heavy atom. The van der Waals surface area contributed by atoms with Gasteiger partial charge in [-0.15, -0.1) is 0 Å². The molecule has 1 heterocycles. The third-order valence-electron chi connectivity index (χ3n) is 3.23. The fourth-order valence-corrected chi connectivity index (χ4v) is 2.61. The number of hydrazone groups is 1. The number of hydrogen-bond donors (Lipinski definition) is 2. The Hall–Kier alpha value is -2.03. The molecule has 2 rings (SSSR count). The molecule has 9 heteroatoms. The van der Waals surface area contributed by atoms with E-state index in [9.17, 15) is 22.8 Å². The van der Waals surface area contributed by atoms with E-state index >= 15 is 0 Å². The first-order chi connectivity index (χ1) is 10.8. The Balaban J connectivity index is 1.84. The fourth-order valence-electron chi connectivity index (χ4n) is 2.07. The standard InChI is InChI=1S/C14H14F3N3O2S/c1-8-11(13(22)20-19-8)6-7-18-12(21)9-2-4-10(5-3-9)23-14(15,16)17/h2-5,11H,6-7H2,1H3,(H,18,21)(H,20,22). The minimum Gasteiger partial charge on any atom is -0.352 e. The lowest BCUT2D eigenvalue weighted by Crippen LogP contribution is -2.30. The minimum absolute atomic E-state index is 0.0171. The van der Waals surface area contributed by atoms with Crippen molar-refractivity contribution >= 4 is 29.3 Å². The van der Waals surface area contributed by atoms with Gasteiger partial charge in [-0.1, -0.05) is 0 Å². The maximum atomic E-state index is 12.2. The molecule has 0 fully saturated rings. The quantitative estimate of drug-likeness (QED) is 0.806. The van der Waals surface area contributed by atoms with Gasteiger partial charge in [0.1, 0.15) is 0 Å². The number of nitrogens with one attached hydrogen (secondary N) is 2. The zero-order valence-electron chi connectivity index (χ0n) is 12.1. The van der Waals surface area contributed by atoms with Gasteiger partial charge in [-0.25, -0.2) is 5.43 Å². The van der Waals surface area contributed by atoms with Crippen LogP contribution in [0.1, 0.15) is 23.7 Å². The van der Waals surface area contributed by atoms with Crippen LogP contribution in [0.25, 0.3) is 0 Å². The van der Waals surface area contributed by atoms with Crippen LogP contribution < -0.4 is 10.7 Å². The van der Waals surface area contributed by atoms with Crippen LogP contribution in [0, 0.1) is 5.92 Å². The number of amides is 2. The molecule has 0 aromatic heterocycles. The van der Waals surface area contributed by atoms with Crippen LogP contribution in [0.4, 0.5) is 13.2 Å². The average Bonchev–Trinajstić information content (AvgIpc) is 2.78. The molecule has 1 atom stereocenters. The Labute approximate surface area is 134 Å². The van der Waals surface area contributed by atoms with Gasteiger partial charge in [0.05, 0.1) is 5.92 Å². The predicted molar refractivity (Wildman–Crippen MR) is 80.0 cm³/mol. The van der Waals surface area contributed by atoms with E-state index in [1.165, 1.54) is 24.3 Å². The highest BCUT2D eigenvalue weighted by molar-refractivity contribution is 8.00. The van der Waals surface area contributed by atoms with Crippen LogP contribution in [0.5, 0.6) is 0 Å². The van der Waals surface area contributed by atoms with Crippen molar-refractivity contribution in [2.45, 2.75) is 23.7 Å². The van der Waals surface area contributed by atoms with Gasteiger partial charge in [0.15, 0.2) is 0 Å². The maximum Gasteiger partial charge on any atom is 0.446 e. The van der Waals surface area contributed by atoms with E-state index in [0.717, 1.165) is 0 Å². The highest BCUT2D eigenvalue weighted by Crippen LogP contribution is 2.36. The first-order valence-electron chi connectivity index (χ1n) is 6.74. The highest BCUT2D eigenvalue weighted by atomic mass is 32.2. The third kappa shape index (κ3) is 4.98. The second kappa shape index (κ2) is 7.03. The summed E-state index contributed by atoms with van der Waals surface area (Å²) in [4.78, 5) is 23.4. The van der Waals surface area contributed by atoms with Crippen molar-refractivity contribution in [1.29, 1.82) is 0 Å². The van der Waals surface area contributed by atoms with Crippen LogP contribution >= 0.6 is 11.8 Å². The summed E-state index contributed by atoms with van der Waals surface area (Å²) in [6.45, 7) is 1.99. The zero-order valence-corrected chi connectivity index (χ0v) is 12.9. The van der Waals surface area contributed by atoms with Crippen molar-refractivity contribution in [3.63, 3.8) is 0 Å². The van der Waals surface area contributed by atoms with E-state index in [2.05, 4.69) is 15.8 Å². The SMILES string of the molecule is CC1=NNC(=O)C1CCNC(=O)c1ccc(SC(F)(F)F)cc1. The Kier molecular flexibility index (Phi) is 5.30. The first-order valence-corrected chi connectivity index (χ1v) is 7.56. The molecular weight excluding hydrogens is 331 g/mol. The van der Waals surface area contributed by atoms with Gasteiger partial charge in [-0.05, 0) is 49.4 Å². The summed E-state index contributed by atoms with van der Waals surface area (Å²) < 4.78 is 36.7. The van der Waals surface area contributed by atoms with Gasteiger partial charge >= 0.3 is 5.51 Å². The molecule has 23 heavy (non-hydrogen) atoms. The number of halogens is 3. The summed E-state index contributed by atoms with van der Waals surface area (Å²) in [5.41, 5.74) is -1.07. The monoisotopic (exact) mass is 345 g/mol. The van der Waals surface area contributed by atoms with Crippen LogP contribution in [0.15, 0.2) is 34.3 Å². The summed E-state index contributed by atoms with van der Waals surface area (Å²) >= 11 is -0.233. The van der Waals surface area contributed by atoms with Crippen LogP contribution in [-0.2, 0) is 4.79 Å². The lowest BCUT2D eigenvalue weighted by Gasteiger charge is -2.10. The Bertz CT molecular complexity index is 629. The molecule has 2 amide bonds. The van der Waals surface area contributed by atoms with Crippen LogP contribution in [0.2, 0.25) is 0 Å². The molecule has 0 radical (unpaired) electrons. The summed E-state index contributed by atoms with van der Waals surface area (Å²) in [7, 11) is 0. The number of hydrogen-bond acceptors (Lipinski definition) is 4. The van der Waals surface area contributed by atoms with Gasteiger partial charge in [0, 0.05) is 22.7 Å². The first kappa shape index (κ1) is 17.3. The van der Waals surface area contributed by atoms with E-state index in [1.54, 1.807) is 6.92 Å². The topological polar surface area (TPSA) is 70.6 Å². The number of rotatable bonds is 5. The minimum atomic E-state index is -4.36. The number of nitrogens with zero attached hydrogens (tertiary/aromatic N) is 1. The molecule has 0 saturated heterocycles. The number of thioether (sulfide) groups is 1. The fraction of sp³-hybridized carbons (Fsp3) is 0.357. The van der Waals surface area contributed by atoms with Crippen molar-refractivity contribution in [3.05, 3.63) is 29.8 Å². The number of carbonyl (C=O) groups is 2. The van der Waals surface area contributed by atoms with Gasteiger partial charge in [0.25, 0.3) is 5.91 Å². The molecule has 0 spiro atoms. The summed E-state index contributed by atoms with van der Waals surface area (Å²) in [6.07, 6.45) is 0.412. The van der Waals surface area contributed by atoms with E-state index in [1.807, 2.05) is 0 Å². The van der Waals surface area contributed by atoms with Crippen LogP contribution in [0.3, 0.4) is 0 Å². The molecule has 1 unspecified atom stereocenters. The number of benzene rings is 1. The van der Waals surface area contributed by atoms with Crippen LogP contribution in [-0.4, -0.2) is 29.6 Å². The summed E-state index contributed by atoms with van der Waals surface area (Å²) in [5.74, 6) is -0.965. The van der Waals surface area contributed by atoms with E-state index in [4.69, 9.17) is 0 Å². The van der Waals surface area contributed by atoms with Gasteiger partial charge < -0.3 is 5.32 Å². The van der Waals surface area contributed by atoms with Crippen molar-refractivity contribution < 1.29 is 22.8 Å². The largest absolute Gasteiger partial charge is 0.446 e. The molecule has 1 aromatic rings. The van der Waals surface area contributed by atoms with Gasteiger partial charge in [-0.3, -0.25) is 9.59 Å². The van der Waals surface area contributed by atoms with Gasteiger partial charge in [-0.2, -0.15) is 18.3 Å². The normalized spacial score (nSPS) is 17.7. The van der Waals surface area contributed by atoms with E-state index < -0.39 is 11.4 Å². The van der Waals surface area contributed by atoms with Crippen molar-refractivity contribution in [2.24, 2.45) is 11.0 Å². The second-order valence-electron chi connectivity index (χ2n) is 4.90. The Morgan fingerprint density at radius 3 is 2.52 bits per heavy atom. The highest BCUT2D eigenvalue weighted by Gasteiger charge is 2.29. The number of carbonyl (C=O) groups excluding carboxylic acids is 2. The molecule has 1 aliphatic rings. The predicted octanol–water partition coefficient (Wildman–Crippen LogP) is 2.54. The average molecular weight is 345 g/mol. The van der Waals surface area contributed by atoms with E-state index in [-0.39, 0.29) is 40.6 Å². The maximum absolute atomic E-state index is 12.2. The smallest absolute Gasteiger partial charge is 0.352 e. The zero-order chi connectivity index (χ0) is 17.0. The van der Waals surface area contributed by atoms with E-state index in [0.29, 0.717) is 12.1 Å². The van der Waals surface area contributed by atoms with Crippen molar-refractivity contribution in [2.75, 3.05) is 6.54 Å². The molecule has 124 valence electrons. The lowest BCUT2D eigenvalue weighted by molar-refractivity contribution is -0.122. The molecule has 1 aliphatic heterocycles. The summed E-state index contributed by atoms with van der Waals surface area (Å²) in [6, 6.07) is 5.15. The van der Waals surface area contributed by atoms with Crippen molar-refractivity contribution in [3.8, 4) is 0 Å². The number of alkyl halides is 3. The molecular formula is C14H14F3N3O2S. The Morgan fingerprint density at radius 1 is 1.35 bits per heavy atom. The van der Waals surface area contributed by atoms with Gasteiger partial charge in [0.2, 0.25) is 5.91 Å².